The van der Waals surface area contributed by atoms with Crippen molar-refractivity contribution >= 4 is 11.9 Å². The van der Waals surface area contributed by atoms with Gasteiger partial charge in [-0.3, -0.25) is 0 Å². The van der Waals surface area contributed by atoms with Crippen LogP contribution in [0.5, 0.6) is 0 Å². The number of cyclic esters (lactones) is 2. The van der Waals surface area contributed by atoms with E-state index in [2.05, 4.69) is 0 Å². The fourth-order valence-electron chi connectivity index (χ4n) is 18.5. The molecule has 7 aliphatic rings. The lowest BCUT2D eigenvalue weighted by atomic mass is 9.78. The predicted molar refractivity (Wildman–Crippen MR) is 445 cm³/mol. The molecule has 4 fully saturated rings. The second-order valence-corrected chi connectivity index (χ2v) is 35.4. The molecule has 0 aliphatic carbocycles. The van der Waals surface area contributed by atoms with E-state index in [1.54, 1.807) is 54.4 Å². The predicted octanol–water partition coefficient (Wildman–Crippen LogP) is 9.41. The van der Waals surface area contributed by atoms with Crippen molar-refractivity contribution in [2.45, 2.75) is 382 Å². The number of hydrogen-bond donors (Lipinski definition) is 8. The second kappa shape index (κ2) is 51.9. The molecule has 4 bridgehead atoms. The maximum atomic E-state index is 14.4. The highest BCUT2D eigenvalue weighted by Gasteiger charge is 2.47. The lowest BCUT2D eigenvalue weighted by Gasteiger charge is -2.40. The normalized spacial score (nSPS) is 41.9. The number of esters is 2. The zero-order valence-corrected chi connectivity index (χ0v) is 74.7. The van der Waals surface area contributed by atoms with Gasteiger partial charge in [-0.05, 0) is 136 Å². The van der Waals surface area contributed by atoms with Crippen molar-refractivity contribution in [1.29, 1.82) is 0 Å². The van der Waals surface area contributed by atoms with Crippen LogP contribution in [0.2, 0.25) is 0 Å². The highest BCUT2D eigenvalue weighted by molar-refractivity contribution is 5.83. The van der Waals surface area contributed by atoms with Crippen molar-refractivity contribution in [2.24, 2.45) is 41.4 Å². The van der Waals surface area contributed by atoms with E-state index in [9.17, 15) is 50.4 Å². The number of allylic oxidation sites excluding steroid dienone is 4. The summed E-state index contributed by atoms with van der Waals surface area (Å²) >= 11 is 0. The van der Waals surface area contributed by atoms with Crippen molar-refractivity contribution < 1.29 is 136 Å². The van der Waals surface area contributed by atoms with Gasteiger partial charge in [-0.1, -0.05) is 108 Å². The molecule has 119 heavy (non-hydrogen) atoms. The Balaban J connectivity index is 1.19. The Labute approximate surface area is 709 Å². The molecule has 7 rings (SSSR count). The summed E-state index contributed by atoms with van der Waals surface area (Å²) in [5.41, 5.74) is 1.34. The molecule has 37 atom stereocenters. The number of aliphatic hydroxyl groups is 8. The van der Waals surface area contributed by atoms with Gasteiger partial charge in [0.25, 0.3) is 0 Å². The number of carbonyl (C=O) groups is 2. The van der Waals surface area contributed by atoms with Crippen LogP contribution >= 0.6 is 0 Å². The van der Waals surface area contributed by atoms with E-state index in [-0.39, 0.29) is 99.9 Å². The molecule has 0 aromatic rings. The average Bonchev–Trinajstić information content (AvgIpc) is 0.892. The molecular weight excluding hydrogens is 1540 g/mol. The molecule has 686 valence electrons. The third-order valence-corrected chi connectivity index (χ3v) is 26.2. The summed E-state index contributed by atoms with van der Waals surface area (Å²) in [7, 11) is 12.5. The van der Waals surface area contributed by atoms with E-state index >= 15 is 0 Å². The Morgan fingerprint density at radius 3 is 1.21 bits per heavy atom. The van der Waals surface area contributed by atoms with Crippen molar-refractivity contribution in [3.05, 3.63) is 71.9 Å². The minimum Gasteiger partial charge on any atom is -0.458 e. The third kappa shape index (κ3) is 32.0. The zero-order chi connectivity index (χ0) is 87.3. The van der Waals surface area contributed by atoms with Crippen molar-refractivity contribution in [2.75, 3.05) is 70.1 Å². The molecule has 0 radical (unpaired) electrons. The Kier molecular flexibility index (Phi) is 44.7. The molecule has 28 nitrogen and oxygen atoms in total. The van der Waals surface area contributed by atoms with Crippen molar-refractivity contribution in [3.8, 4) is 0 Å². The number of methoxy groups -OCH3 is 8. The number of ether oxygens (including phenoxy) is 18. The lowest BCUT2D eigenvalue weighted by Crippen LogP contribution is -2.56. The van der Waals surface area contributed by atoms with Crippen LogP contribution < -0.4 is 0 Å². The smallest absolute Gasteiger partial charge is 0.331 e. The largest absolute Gasteiger partial charge is 0.458 e. The summed E-state index contributed by atoms with van der Waals surface area (Å²) in [5.74, 6) is -5.50. The van der Waals surface area contributed by atoms with E-state index in [1.165, 1.54) is 40.6 Å². The number of fused-ring (bicyclic) bond motifs is 4. The Morgan fingerprint density at radius 1 is 0.412 bits per heavy atom. The quantitative estimate of drug-likeness (QED) is 0.0329. The van der Waals surface area contributed by atoms with Gasteiger partial charge in [0.1, 0.15) is 48.8 Å². The van der Waals surface area contributed by atoms with Gasteiger partial charge < -0.3 is 126 Å². The summed E-state index contributed by atoms with van der Waals surface area (Å²) in [5, 5.41) is 95.0. The molecule has 28 heteroatoms. The Bertz CT molecular complexity index is 3080. The highest BCUT2D eigenvalue weighted by atomic mass is 16.7. The topological polar surface area (TPSA) is 362 Å². The third-order valence-electron chi connectivity index (χ3n) is 26.2. The summed E-state index contributed by atoms with van der Waals surface area (Å²) in [6.07, 6.45) is 6.46. The summed E-state index contributed by atoms with van der Waals surface area (Å²) < 4.78 is 111. The molecule has 7 aliphatic heterocycles. The van der Waals surface area contributed by atoms with Crippen LogP contribution in [0.25, 0.3) is 0 Å². The number of aliphatic hydroxyl groups excluding tert-OH is 8. The van der Waals surface area contributed by atoms with Gasteiger partial charge in [0.05, 0.1) is 135 Å². The van der Waals surface area contributed by atoms with E-state index in [0.29, 0.717) is 75.4 Å². The first-order chi connectivity index (χ1) is 56.7. The molecule has 8 N–H and O–H groups in total. The first-order valence-corrected chi connectivity index (χ1v) is 44.0. The number of hydrogen-bond acceptors (Lipinski definition) is 28. The molecule has 0 unspecified atom stereocenters. The van der Waals surface area contributed by atoms with Gasteiger partial charge in [0, 0.05) is 124 Å². The fraction of sp³-hybridized carbons (Fsp3) is 0.846. The zero-order valence-electron chi connectivity index (χ0n) is 74.7. The average molecular weight is 1700 g/mol. The highest BCUT2D eigenvalue weighted by Crippen LogP contribution is 2.38. The van der Waals surface area contributed by atoms with Gasteiger partial charge in [0.15, 0.2) is 12.6 Å². The second-order valence-electron chi connectivity index (χ2n) is 35.4. The molecule has 0 saturated carbocycles. The minimum atomic E-state index is -1.23. The lowest BCUT2D eigenvalue weighted by molar-refractivity contribution is -0.293. The molecular formula is C91H154O28. The minimum absolute atomic E-state index is 0.0181. The SMILES string of the molecule is CO[C@H]1C[C@@H](O)C[C@@H](O)[C@H](C)[C@@H]([C@@H](C)[C@@H](O)[C@@H](C)CC[C@H]2C[C@H](OC)C[C@H](C)O2)OC(=O)/C=C/C(C)=C/C[C@H](O[C@H]2OC[C@H](O)[C@@H](OC)[C@H]2OC)C[C@@H]2C=CC[C@@H](C[C@H](OC)[C@@H](C)[C@H](O)C[C@@H](O)[C@H](C)[C@@H]([C@@H](C)[C@@H](O)[C@@H](C)CC[C@H]3C[C@H](OC)C[C@H](C)O3)OC(=O)/C=C/C(C)=C/C[C@H](O[C@H]3OC[C@H](O)[C@@H](OC)[C@H]3OC)C[C@@H]3C=CC[C@@H](C1)O3)O2. The van der Waals surface area contributed by atoms with E-state index in [4.69, 9.17) is 85.3 Å². The van der Waals surface area contributed by atoms with Gasteiger partial charge in [-0.15, -0.1) is 0 Å². The molecule has 0 aromatic carbocycles. The van der Waals surface area contributed by atoms with Crippen LogP contribution in [0, 0.1) is 41.4 Å². The van der Waals surface area contributed by atoms with Crippen LogP contribution in [0.1, 0.15) is 198 Å². The molecule has 0 aromatic heterocycles. The van der Waals surface area contributed by atoms with Crippen LogP contribution in [0.3, 0.4) is 0 Å². The van der Waals surface area contributed by atoms with Crippen LogP contribution in [-0.4, -0.2) is 306 Å². The van der Waals surface area contributed by atoms with E-state index in [0.717, 1.165) is 25.7 Å². The monoisotopic (exact) mass is 1700 g/mol. The summed E-state index contributed by atoms with van der Waals surface area (Å²) in [6.45, 7) is 20.5. The van der Waals surface area contributed by atoms with Crippen LogP contribution in [0.15, 0.2) is 71.9 Å². The number of carbonyl (C=O) groups excluding carboxylic acids is 2. The van der Waals surface area contributed by atoms with Crippen molar-refractivity contribution in [3.63, 3.8) is 0 Å². The summed E-state index contributed by atoms with van der Waals surface area (Å²) in [6, 6.07) is 0. The molecule has 0 amide bonds. The molecule has 0 spiro atoms. The first kappa shape index (κ1) is 102. The van der Waals surface area contributed by atoms with Gasteiger partial charge in [-0.25, -0.2) is 9.59 Å². The van der Waals surface area contributed by atoms with Crippen molar-refractivity contribution in [1.82, 2.24) is 0 Å². The molecule has 4 saturated heterocycles. The maximum Gasteiger partial charge on any atom is 0.331 e. The Hall–Kier alpha value is -3.58. The standard InChI is InChI=1S/C91H154O28/c1-51-26-32-69(116-90-88(108-18)86(106-16)77(96)49-110-90)42-63-22-20-24-65(114-63)44-73(104-14)40-62(92)41-74(93)58(8)84(60(10)82(100)53(3)30-34-67-45-71(102-12)38-55(5)112-67)118-80(98)36-28-52(2)27-33-70(117-91-89(109-19)87(107-17)78(97)50-111-91)43-64-23-21-25-66(115-64)47-79(105-15)57(7)75(94)48-76(95)59(9)85(119-81(99)37-29-51)61(11)83(101)54(4)31-35-68-46-72(103-13)39-56(6)113-68/h20-23,26-29,36-37,53-79,82-97,100-101H,24-25,30-35,38-50H2,1-19H3/b36-28+,37-29+,51-26+,52-27+/t53-,54-,55-,56-,57-,58-,59-,60-,61-,62+,63-,64-,65-,66-,67-,68-,69-,70-,71+,72+,73-,74+,75+,76+,77-,78-,79-,82-,83-,84-,85-,86+,87+,88+,89+,90+,91+/m0/s1. The maximum absolute atomic E-state index is 14.4. The van der Waals surface area contributed by atoms with Gasteiger partial charge in [0.2, 0.25) is 0 Å². The van der Waals surface area contributed by atoms with Crippen LogP contribution in [0.4, 0.5) is 0 Å². The van der Waals surface area contributed by atoms with Gasteiger partial charge >= 0.3 is 11.9 Å². The van der Waals surface area contributed by atoms with Crippen LogP contribution in [-0.2, 0) is 94.9 Å². The Morgan fingerprint density at radius 2 is 0.807 bits per heavy atom. The first-order valence-electron chi connectivity index (χ1n) is 44.0. The van der Waals surface area contributed by atoms with E-state index < -0.39 is 182 Å². The van der Waals surface area contributed by atoms with E-state index in [1.807, 2.05) is 98.8 Å². The number of rotatable bonds is 24. The fourth-order valence-corrected chi connectivity index (χ4v) is 18.5. The summed E-state index contributed by atoms with van der Waals surface area (Å²) in [4.78, 5) is 28.8. The molecule has 7 heterocycles. The van der Waals surface area contributed by atoms with Gasteiger partial charge in [-0.2, -0.15) is 0 Å².